The molecular formula is C7H18Cl2F2N2. The van der Waals surface area contributed by atoms with Crippen LogP contribution in [0.4, 0.5) is 8.78 Å². The van der Waals surface area contributed by atoms with Gasteiger partial charge in [-0.2, -0.15) is 0 Å². The minimum Gasteiger partial charge on any atom is -0.329 e. The van der Waals surface area contributed by atoms with Crippen molar-refractivity contribution in [2.24, 2.45) is 5.73 Å². The first kappa shape index (κ1) is 19.0. The Hall–Kier alpha value is 0.360. The maximum absolute atomic E-state index is 11.9. The van der Waals surface area contributed by atoms with Gasteiger partial charge in [0.15, 0.2) is 0 Å². The highest BCUT2D eigenvalue weighted by atomic mass is 35.5. The van der Waals surface area contributed by atoms with Crippen molar-refractivity contribution >= 4 is 24.8 Å². The molecule has 0 saturated carbocycles. The van der Waals surface area contributed by atoms with Gasteiger partial charge in [0.1, 0.15) is 0 Å². The van der Waals surface area contributed by atoms with Crippen LogP contribution in [-0.2, 0) is 0 Å². The second kappa shape index (κ2) is 10.4. The van der Waals surface area contributed by atoms with Crippen LogP contribution in [0.1, 0.15) is 13.8 Å². The molecule has 1 atom stereocenters. The lowest BCUT2D eigenvalue weighted by Crippen LogP contribution is -2.40. The summed E-state index contributed by atoms with van der Waals surface area (Å²) in [4.78, 5) is 1.67. The van der Waals surface area contributed by atoms with E-state index in [0.29, 0.717) is 13.1 Å². The van der Waals surface area contributed by atoms with Crippen molar-refractivity contribution in [3.05, 3.63) is 0 Å². The Morgan fingerprint density at radius 1 is 1.31 bits per heavy atom. The third-order valence-corrected chi connectivity index (χ3v) is 1.74. The van der Waals surface area contributed by atoms with E-state index >= 15 is 0 Å². The van der Waals surface area contributed by atoms with Gasteiger partial charge in [-0.3, -0.25) is 4.90 Å². The van der Waals surface area contributed by atoms with E-state index in [1.807, 2.05) is 13.8 Å². The number of rotatable bonds is 5. The van der Waals surface area contributed by atoms with Crippen molar-refractivity contribution in [3.8, 4) is 0 Å². The molecule has 0 bridgehead atoms. The predicted molar refractivity (Wildman–Crippen MR) is 56.3 cm³/mol. The van der Waals surface area contributed by atoms with Gasteiger partial charge >= 0.3 is 0 Å². The molecule has 0 rings (SSSR count). The van der Waals surface area contributed by atoms with Crippen LogP contribution in [0.3, 0.4) is 0 Å². The molecule has 0 saturated heterocycles. The number of nitrogens with two attached hydrogens (primary N) is 1. The van der Waals surface area contributed by atoms with E-state index in [9.17, 15) is 8.78 Å². The molecule has 0 aromatic rings. The molecule has 13 heavy (non-hydrogen) atoms. The van der Waals surface area contributed by atoms with Crippen LogP contribution >= 0.6 is 24.8 Å². The van der Waals surface area contributed by atoms with Gasteiger partial charge in [0.25, 0.3) is 6.43 Å². The highest BCUT2D eigenvalue weighted by Gasteiger charge is 2.14. The summed E-state index contributed by atoms with van der Waals surface area (Å²) in [6, 6.07) is 0.0500. The number of halogens is 4. The zero-order valence-corrected chi connectivity index (χ0v) is 9.51. The minimum absolute atomic E-state index is 0. The molecule has 0 aromatic heterocycles. The molecule has 0 radical (unpaired) electrons. The van der Waals surface area contributed by atoms with Crippen molar-refractivity contribution in [3.63, 3.8) is 0 Å². The summed E-state index contributed by atoms with van der Waals surface area (Å²) in [5.41, 5.74) is 5.34. The van der Waals surface area contributed by atoms with Crippen molar-refractivity contribution < 1.29 is 8.78 Å². The van der Waals surface area contributed by atoms with Crippen molar-refractivity contribution in [2.75, 3.05) is 19.6 Å². The Balaban J connectivity index is -0.000000500. The fourth-order valence-corrected chi connectivity index (χ4v) is 0.947. The van der Waals surface area contributed by atoms with Gasteiger partial charge in [-0.1, -0.05) is 6.92 Å². The molecule has 0 spiro atoms. The van der Waals surface area contributed by atoms with E-state index in [1.54, 1.807) is 4.90 Å². The number of likely N-dealkylation sites (N-methyl/N-ethyl adjacent to an activating group) is 1. The standard InChI is InChI=1S/C7H16F2N2.2ClH/c1-3-11(5-7(8)9)6(2)4-10;;/h6-7H,3-5,10H2,1-2H3;2*1H. The second-order valence-corrected chi connectivity index (χ2v) is 2.56. The molecule has 0 fully saturated rings. The van der Waals surface area contributed by atoms with Gasteiger partial charge < -0.3 is 5.73 Å². The largest absolute Gasteiger partial charge is 0.329 e. The average Bonchev–Trinajstić information content (AvgIpc) is 1.98. The van der Waals surface area contributed by atoms with Crippen LogP contribution in [0.15, 0.2) is 0 Å². The Morgan fingerprint density at radius 2 is 1.77 bits per heavy atom. The van der Waals surface area contributed by atoms with Crippen molar-refractivity contribution in [1.82, 2.24) is 4.90 Å². The molecular weight excluding hydrogens is 221 g/mol. The van der Waals surface area contributed by atoms with Crippen molar-refractivity contribution in [1.29, 1.82) is 0 Å². The first-order valence-electron chi connectivity index (χ1n) is 3.84. The lowest BCUT2D eigenvalue weighted by Gasteiger charge is -2.25. The molecule has 0 aliphatic rings. The smallest absolute Gasteiger partial charge is 0.251 e. The summed E-state index contributed by atoms with van der Waals surface area (Å²) in [6.45, 7) is 4.60. The molecule has 0 aliphatic heterocycles. The topological polar surface area (TPSA) is 29.3 Å². The number of nitrogens with zero attached hydrogens (tertiary/aromatic N) is 1. The summed E-state index contributed by atoms with van der Waals surface area (Å²) < 4.78 is 23.8. The molecule has 6 heteroatoms. The monoisotopic (exact) mass is 238 g/mol. The second-order valence-electron chi connectivity index (χ2n) is 2.56. The maximum atomic E-state index is 11.9. The van der Waals surface area contributed by atoms with Crippen LogP contribution in [0.2, 0.25) is 0 Å². The van der Waals surface area contributed by atoms with Crippen LogP contribution in [0.25, 0.3) is 0 Å². The first-order chi connectivity index (χ1) is 5.11. The van der Waals surface area contributed by atoms with Gasteiger partial charge in [-0.15, -0.1) is 24.8 Å². The van der Waals surface area contributed by atoms with E-state index in [1.165, 1.54) is 0 Å². The van der Waals surface area contributed by atoms with Gasteiger partial charge in [0, 0.05) is 12.6 Å². The number of hydrogen-bond acceptors (Lipinski definition) is 2. The van der Waals surface area contributed by atoms with E-state index in [-0.39, 0.29) is 37.4 Å². The quantitative estimate of drug-likeness (QED) is 0.792. The Bertz CT molecular complexity index is 106. The third kappa shape index (κ3) is 8.68. The zero-order valence-electron chi connectivity index (χ0n) is 7.87. The van der Waals surface area contributed by atoms with E-state index in [4.69, 9.17) is 5.73 Å². The summed E-state index contributed by atoms with van der Waals surface area (Å²) in [7, 11) is 0. The molecule has 2 N–H and O–H groups in total. The SMILES string of the molecule is CCN(CC(F)F)C(C)CN.Cl.Cl. The fourth-order valence-electron chi connectivity index (χ4n) is 0.947. The van der Waals surface area contributed by atoms with Gasteiger partial charge in [0.2, 0.25) is 0 Å². The fraction of sp³-hybridized carbons (Fsp3) is 1.00. The minimum atomic E-state index is -2.26. The summed E-state index contributed by atoms with van der Waals surface area (Å²) >= 11 is 0. The molecule has 0 heterocycles. The molecule has 2 nitrogen and oxygen atoms in total. The Labute approximate surface area is 90.7 Å². The van der Waals surface area contributed by atoms with Crippen molar-refractivity contribution in [2.45, 2.75) is 26.3 Å². The summed E-state index contributed by atoms with van der Waals surface area (Å²) in [5, 5.41) is 0. The highest BCUT2D eigenvalue weighted by molar-refractivity contribution is 5.85. The first-order valence-corrected chi connectivity index (χ1v) is 3.84. The van der Waals surface area contributed by atoms with Crippen LogP contribution in [0.5, 0.6) is 0 Å². The number of alkyl halides is 2. The summed E-state index contributed by atoms with van der Waals surface area (Å²) in [6.07, 6.45) is -2.26. The molecule has 0 aromatic carbocycles. The predicted octanol–water partition coefficient (Wildman–Crippen LogP) is 1.76. The van der Waals surface area contributed by atoms with E-state index in [2.05, 4.69) is 0 Å². The van der Waals surface area contributed by atoms with Gasteiger partial charge in [0.05, 0.1) is 6.54 Å². The van der Waals surface area contributed by atoms with Gasteiger partial charge in [-0.05, 0) is 13.5 Å². The van der Waals surface area contributed by atoms with Gasteiger partial charge in [-0.25, -0.2) is 8.78 Å². The Kier molecular flexibility index (Phi) is 15.3. The van der Waals surface area contributed by atoms with E-state index in [0.717, 1.165) is 0 Å². The Morgan fingerprint density at radius 3 is 2.00 bits per heavy atom. The molecule has 0 amide bonds. The van der Waals surface area contributed by atoms with E-state index < -0.39 is 6.43 Å². The van der Waals surface area contributed by atoms with Crippen LogP contribution < -0.4 is 5.73 Å². The third-order valence-electron chi connectivity index (χ3n) is 1.74. The summed E-state index contributed by atoms with van der Waals surface area (Å²) in [5.74, 6) is 0. The molecule has 84 valence electrons. The number of hydrogen-bond donors (Lipinski definition) is 1. The lowest BCUT2D eigenvalue weighted by molar-refractivity contribution is 0.0742. The molecule has 0 aliphatic carbocycles. The zero-order chi connectivity index (χ0) is 8.85. The molecule has 1 unspecified atom stereocenters. The average molecular weight is 239 g/mol. The highest BCUT2D eigenvalue weighted by Crippen LogP contribution is 2.02. The lowest BCUT2D eigenvalue weighted by atomic mass is 10.3. The van der Waals surface area contributed by atoms with Crippen LogP contribution in [0, 0.1) is 0 Å². The normalized spacial score (nSPS) is 12.2. The maximum Gasteiger partial charge on any atom is 0.251 e. The van der Waals surface area contributed by atoms with Crippen LogP contribution in [-0.4, -0.2) is 37.0 Å².